The van der Waals surface area contributed by atoms with Crippen molar-refractivity contribution in [1.29, 1.82) is 0 Å². The fourth-order valence-corrected chi connectivity index (χ4v) is 5.05. The summed E-state index contributed by atoms with van der Waals surface area (Å²) in [5.41, 5.74) is 1.67. The van der Waals surface area contributed by atoms with Crippen molar-refractivity contribution < 1.29 is 8.78 Å². The molecule has 2 heteroatoms. The van der Waals surface area contributed by atoms with Gasteiger partial charge >= 0.3 is 0 Å². The van der Waals surface area contributed by atoms with Crippen molar-refractivity contribution in [3.8, 4) is 11.1 Å². The number of rotatable bonds is 11. The second-order valence-electron chi connectivity index (χ2n) is 9.18. The van der Waals surface area contributed by atoms with Crippen LogP contribution in [0.4, 0.5) is 8.78 Å². The Morgan fingerprint density at radius 2 is 1.33 bits per heavy atom. The minimum atomic E-state index is -0.695. The van der Waals surface area contributed by atoms with Gasteiger partial charge in [0.15, 0.2) is 11.6 Å². The lowest BCUT2D eigenvalue weighted by Gasteiger charge is -2.29. The highest BCUT2D eigenvalue weighted by Gasteiger charge is 2.26. The zero-order chi connectivity index (χ0) is 21.2. The molecular formula is C28H38F2. The Morgan fingerprint density at radius 1 is 0.700 bits per heavy atom. The van der Waals surface area contributed by atoms with Gasteiger partial charge in [0.1, 0.15) is 0 Å². The average Bonchev–Trinajstić information content (AvgIpc) is 2.78. The van der Waals surface area contributed by atoms with Crippen LogP contribution >= 0.6 is 0 Å². The normalized spacial score (nSPS) is 19.2. The maximum Gasteiger partial charge on any atom is 0.166 e. The van der Waals surface area contributed by atoms with Crippen LogP contribution in [0.15, 0.2) is 42.5 Å². The molecule has 2 aromatic carbocycles. The van der Waals surface area contributed by atoms with E-state index in [4.69, 9.17) is 0 Å². The molecule has 2 aromatic rings. The third-order valence-electron chi connectivity index (χ3n) is 6.95. The van der Waals surface area contributed by atoms with Crippen LogP contribution in [0, 0.1) is 17.6 Å². The van der Waals surface area contributed by atoms with Crippen LogP contribution in [0.25, 0.3) is 11.1 Å². The van der Waals surface area contributed by atoms with Crippen molar-refractivity contribution in [1.82, 2.24) is 0 Å². The first-order valence-corrected chi connectivity index (χ1v) is 12.2. The Labute approximate surface area is 182 Å². The lowest BCUT2D eigenvalue weighted by Crippen LogP contribution is -2.15. The van der Waals surface area contributed by atoms with Gasteiger partial charge < -0.3 is 0 Å². The molecule has 0 saturated heterocycles. The number of hydrogen-bond acceptors (Lipinski definition) is 0. The molecule has 0 amide bonds. The Morgan fingerprint density at radius 3 is 2.00 bits per heavy atom. The summed E-state index contributed by atoms with van der Waals surface area (Å²) in [6, 6.07) is 12.8. The second-order valence-corrected chi connectivity index (χ2v) is 9.18. The molecule has 30 heavy (non-hydrogen) atoms. The first kappa shape index (κ1) is 23.0. The van der Waals surface area contributed by atoms with Crippen LogP contribution in [0.2, 0.25) is 0 Å². The van der Waals surface area contributed by atoms with E-state index in [-0.39, 0.29) is 5.92 Å². The van der Waals surface area contributed by atoms with E-state index in [9.17, 15) is 8.78 Å². The summed E-state index contributed by atoms with van der Waals surface area (Å²) in [5, 5.41) is 0. The van der Waals surface area contributed by atoms with E-state index in [1.54, 1.807) is 6.07 Å². The van der Waals surface area contributed by atoms with Gasteiger partial charge in [0.25, 0.3) is 0 Å². The van der Waals surface area contributed by atoms with Gasteiger partial charge in [0.05, 0.1) is 0 Å². The summed E-state index contributed by atoms with van der Waals surface area (Å²) >= 11 is 0. The Kier molecular flexibility index (Phi) is 9.36. The Balaban J connectivity index is 1.43. The zero-order valence-electron chi connectivity index (χ0n) is 18.6. The molecule has 0 bridgehead atoms. The second kappa shape index (κ2) is 12.2. The van der Waals surface area contributed by atoms with Gasteiger partial charge in [-0.1, -0.05) is 107 Å². The minimum absolute atomic E-state index is 0.166. The average molecular weight is 413 g/mol. The van der Waals surface area contributed by atoms with E-state index in [1.165, 1.54) is 57.8 Å². The third-order valence-corrected chi connectivity index (χ3v) is 6.95. The largest absolute Gasteiger partial charge is 0.203 e. The maximum atomic E-state index is 14.9. The number of halogens is 2. The maximum absolute atomic E-state index is 14.9. The molecule has 1 fully saturated rings. The van der Waals surface area contributed by atoms with Crippen molar-refractivity contribution in [3.63, 3.8) is 0 Å². The monoisotopic (exact) mass is 412 g/mol. The minimum Gasteiger partial charge on any atom is -0.203 e. The molecule has 0 aliphatic heterocycles. The summed E-state index contributed by atoms with van der Waals surface area (Å²) in [7, 11) is 0. The number of hydrogen-bond donors (Lipinski definition) is 0. The summed E-state index contributed by atoms with van der Waals surface area (Å²) < 4.78 is 29.6. The number of benzene rings is 2. The van der Waals surface area contributed by atoms with Gasteiger partial charge in [0, 0.05) is 5.56 Å². The van der Waals surface area contributed by atoms with E-state index < -0.39 is 11.6 Å². The van der Waals surface area contributed by atoms with Gasteiger partial charge in [-0.15, -0.1) is 0 Å². The molecule has 0 atom stereocenters. The summed E-state index contributed by atoms with van der Waals surface area (Å²) in [6.07, 6.45) is 16.5. The SMILES string of the molecule is CCCCCCCCCCC1CCC(c2ccc(-c3ccccc3)c(F)c2F)CC1. The molecule has 164 valence electrons. The summed E-state index contributed by atoms with van der Waals surface area (Å²) in [5.74, 6) is -0.389. The molecule has 3 rings (SSSR count). The quantitative estimate of drug-likeness (QED) is 0.322. The molecule has 0 spiro atoms. The van der Waals surface area contributed by atoms with Gasteiger partial charge in [0.2, 0.25) is 0 Å². The molecule has 1 aliphatic rings. The molecule has 0 unspecified atom stereocenters. The molecule has 1 saturated carbocycles. The van der Waals surface area contributed by atoms with Crippen molar-refractivity contribution in [2.45, 2.75) is 96.3 Å². The molecule has 0 aromatic heterocycles. The Bertz CT molecular complexity index is 745. The molecule has 0 heterocycles. The van der Waals surface area contributed by atoms with Crippen molar-refractivity contribution in [2.24, 2.45) is 5.92 Å². The first-order valence-electron chi connectivity index (χ1n) is 12.2. The van der Waals surface area contributed by atoms with E-state index >= 15 is 0 Å². The van der Waals surface area contributed by atoms with E-state index in [0.29, 0.717) is 11.1 Å². The molecule has 1 aliphatic carbocycles. The van der Waals surface area contributed by atoms with Crippen LogP contribution < -0.4 is 0 Å². The first-order chi connectivity index (χ1) is 14.7. The molecule has 0 radical (unpaired) electrons. The number of unbranched alkanes of at least 4 members (excludes halogenated alkanes) is 7. The fraction of sp³-hybridized carbons (Fsp3) is 0.571. The molecule has 0 nitrogen and oxygen atoms in total. The lowest BCUT2D eigenvalue weighted by molar-refractivity contribution is 0.297. The third kappa shape index (κ3) is 6.40. The molecular weight excluding hydrogens is 374 g/mol. The standard InChI is InChI=1S/C28H38F2/c1-2-3-4-5-6-7-8-10-13-22-16-18-24(19-17-22)26-21-20-25(27(29)28(26)30)23-14-11-9-12-15-23/h9,11-12,14-15,20-22,24H,2-8,10,13,16-19H2,1H3. The lowest BCUT2D eigenvalue weighted by atomic mass is 9.76. The van der Waals surface area contributed by atoms with Gasteiger partial charge in [-0.25, -0.2) is 8.78 Å². The van der Waals surface area contributed by atoms with Crippen LogP contribution in [-0.4, -0.2) is 0 Å². The van der Waals surface area contributed by atoms with Crippen molar-refractivity contribution in [3.05, 3.63) is 59.7 Å². The zero-order valence-corrected chi connectivity index (χ0v) is 18.6. The predicted molar refractivity (Wildman–Crippen MR) is 124 cm³/mol. The van der Waals surface area contributed by atoms with Crippen LogP contribution in [0.3, 0.4) is 0 Å². The van der Waals surface area contributed by atoms with Gasteiger partial charge in [-0.2, -0.15) is 0 Å². The van der Waals surface area contributed by atoms with E-state index in [2.05, 4.69) is 6.92 Å². The predicted octanol–water partition coefficient (Wildman–Crippen LogP) is 9.44. The van der Waals surface area contributed by atoms with Crippen LogP contribution in [0.5, 0.6) is 0 Å². The molecule has 0 N–H and O–H groups in total. The Hall–Kier alpha value is -1.70. The highest BCUT2D eigenvalue weighted by molar-refractivity contribution is 5.64. The van der Waals surface area contributed by atoms with E-state index in [0.717, 1.165) is 37.2 Å². The fourth-order valence-electron chi connectivity index (χ4n) is 5.05. The van der Waals surface area contributed by atoms with Crippen molar-refractivity contribution in [2.75, 3.05) is 0 Å². The van der Waals surface area contributed by atoms with Crippen LogP contribution in [-0.2, 0) is 0 Å². The highest BCUT2D eigenvalue weighted by Crippen LogP contribution is 2.40. The van der Waals surface area contributed by atoms with Gasteiger partial charge in [-0.05, 0) is 48.6 Å². The summed E-state index contributed by atoms with van der Waals surface area (Å²) in [4.78, 5) is 0. The van der Waals surface area contributed by atoms with Crippen LogP contribution in [0.1, 0.15) is 102 Å². The topological polar surface area (TPSA) is 0 Å². The van der Waals surface area contributed by atoms with Gasteiger partial charge in [-0.3, -0.25) is 0 Å². The van der Waals surface area contributed by atoms with E-state index in [1.807, 2.05) is 36.4 Å². The smallest absolute Gasteiger partial charge is 0.166 e. The summed E-state index contributed by atoms with van der Waals surface area (Å²) in [6.45, 7) is 2.26. The van der Waals surface area contributed by atoms with Crippen molar-refractivity contribution >= 4 is 0 Å². The highest BCUT2D eigenvalue weighted by atomic mass is 19.2.